The van der Waals surface area contributed by atoms with Crippen molar-refractivity contribution in [2.24, 2.45) is 0 Å². The highest BCUT2D eigenvalue weighted by Crippen LogP contribution is 2.00. The van der Waals surface area contributed by atoms with E-state index in [2.05, 4.69) is 0 Å². The fourth-order valence-corrected chi connectivity index (χ4v) is 0.825. The molecule has 1 aromatic rings. The highest BCUT2D eigenvalue weighted by molar-refractivity contribution is 5.91. The molecule has 0 unspecified atom stereocenters. The van der Waals surface area contributed by atoms with Crippen molar-refractivity contribution in [3.05, 3.63) is 35.9 Å². The van der Waals surface area contributed by atoms with E-state index in [-0.39, 0.29) is 5.90 Å². The fourth-order valence-electron chi connectivity index (χ4n) is 0.825. The Hall–Kier alpha value is -1.35. The molecule has 0 aliphatic rings. The van der Waals surface area contributed by atoms with Crippen LogP contribution in [0.5, 0.6) is 0 Å². The van der Waals surface area contributed by atoms with E-state index in [1.807, 2.05) is 30.3 Å². The first-order valence-electron chi connectivity index (χ1n) is 3.69. The van der Waals surface area contributed by atoms with Crippen molar-refractivity contribution in [2.45, 2.75) is 0 Å². The molecule has 3 nitrogen and oxygen atoms in total. The van der Waals surface area contributed by atoms with Crippen LogP contribution < -0.4 is 0 Å². The Kier molecular flexibility index (Phi) is 2.82. The number of nitrogens with zero attached hydrogens (tertiary/aromatic N) is 1. The van der Waals surface area contributed by atoms with Gasteiger partial charge in [-0.25, -0.2) is 0 Å². The van der Waals surface area contributed by atoms with Gasteiger partial charge in [-0.3, -0.25) is 5.41 Å². The lowest BCUT2D eigenvalue weighted by molar-refractivity contribution is -0.0191. The SMILES string of the molecule is CN(C)OC(=N)c1ccccc1. The maximum absolute atomic E-state index is 7.50. The van der Waals surface area contributed by atoms with Gasteiger partial charge in [-0.1, -0.05) is 18.2 Å². The van der Waals surface area contributed by atoms with Gasteiger partial charge in [-0.05, 0) is 12.1 Å². The van der Waals surface area contributed by atoms with Gasteiger partial charge in [-0.2, -0.15) is 0 Å². The van der Waals surface area contributed by atoms with Gasteiger partial charge in [0.1, 0.15) is 0 Å². The smallest absolute Gasteiger partial charge is 0.238 e. The van der Waals surface area contributed by atoms with Crippen LogP contribution in [0, 0.1) is 5.41 Å². The normalized spacial score (nSPS) is 9.92. The van der Waals surface area contributed by atoms with Crippen LogP contribution in [-0.4, -0.2) is 25.1 Å². The van der Waals surface area contributed by atoms with E-state index >= 15 is 0 Å². The molecule has 0 amide bonds. The number of hydrogen-bond acceptors (Lipinski definition) is 3. The largest absolute Gasteiger partial charge is 0.386 e. The Bertz CT molecular complexity index is 256. The van der Waals surface area contributed by atoms with E-state index in [9.17, 15) is 0 Å². The van der Waals surface area contributed by atoms with Crippen LogP contribution in [0.1, 0.15) is 5.56 Å². The average Bonchev–Trinajstić information content (AvgIpc) is 2.05. The lowest BCUT2D eigenvalue weighted by atomic mass is 10.2. The second-order valence-corrected chi connectivity index (χ2v) is 2.60. The molecule has 12 heavy (non-hydrogen) atoms. The topological polar surface area (TPSA) is 36.3 Å². The Balaban J connectivity index is 2.66. The summed E-state index contributed by atoms with van der Waals surface area (Å²) in [5.74, 6) is 0.167. The molecule has 0 atom stereocenters. The Morgan fingerprint density at radius 3 is 2.33 bits per heavy atom. The number of hydroxylamine groups is 2. The quantitative estimate of drug-likeness (QED) is 0.408. The summed E-state index contributed by atoms with van der Waals surface area (Å²) in [6.45, 7) is 0. The fraction of sp³-hybridized carbons (Fsp3) is 0.222. The van der Waals surface area contributed by atoms with Gasteiger partial charge in [0.25, 0.3) is 0 Å². The van der Waals surface area contributed by atoms with Crippen LogP contribution in [0.15, 0.2) is 30.3 Å². The zero-order valence-corrected chi connectivity index (χ0v) is 7.24. The van der Waals surface area contributed by atoms with Gasteiger partial charge in [0.15, 0.2) is 0 Å². The van der Waals surface area contributed by atoms with Crippen molar-refractivity contribution in [1.82, 2.24) is 5.06 Å². The van der Waals surface area contributed by atoms with E-state index < -0.39 is 0 Å². The molecule has 0 saturated heterocycles. The molecule has 0 aliphatic carbocycles. The minimum Gasteiger partial charge on any atom is -0.386 e. The number of hydrogen-bond donors (Lipinski definition) is 1. The van der Waals surface area contributed by atoms with Crippen molar-refractivity contribution >= 4 is 5.90 Å². The maximum Gasteiger partial charge on any atom is 0.238 e. The molecule has 0 aliphatic heterocycles. The highest BCUT2D eigenvalue weighted by atomic mass is 16.7. The number of benzene rings is 1. The minimum absolute atomic E-state index is 0.167. The lowest BCUT2D eigenvalue weighted by Crippen LogP contribution is -2.18. The zero-order chi connectivity index (χ0) is 8.97. The van der Waals surface area contributed by atoms with Crippen LogP contribution in [-0.2, 0) is 4.84 Å². The molecule has 0 bridgehead atoms. The summed E-state index contributed by atoms with van der Waals surface area (Å²) in [5, 5.41) is 8.99. The molecular formula is C9H12N2O. The van der Waals surface area contributed by atoms with Crippen LogP contribution in [0.4, 0.5) is 0 Å². The molecule has 1 N–H and O–H groups in total. The lowest BCUT2D eigenvalue weighted by Gasteiger charge is -2.11. The first-order valence-corrected chi connectivity index (χ1v) is 3.69. The summed E-state index contributed by atoms with van der Waals surface area (Å²) in [5.41, 5.74) is 0.784. The van der Waals surface area contributed by atoms with Crippen molar-refractivity contribution in [3.63, 3.8) is 0 Å². The van der Waals surface area contributed by atoms with E-state index in [4.69, 9.17) is 10.2 Å². The van der Waals surface area contributed by atoms with Gasteiger partial charge in [-0.15, -0.1) is 5.06 Å². The highest BCUT2D eigenvalue weighted by Gasteiger charge is 2.01. The van der Waals surface area contributed by atoms with E-state index in [1.165, 1.54) is 5.06 Å². The summed E-state index contributed by atoms with van der Waals surface area (Å²) in [6, 6.07) is 9.34. The Labute approximate surface area is 72.0 Å². The van der Waals surface area contributed by atoms with Gasteiger partial charge < -0.3 is 4.84 Å². The van der Waals surface area contributed by atoms with Crippen molar-refractivity contribution in [3.8, 4) is 0 Å². The molecule has 64 valence electrons. The third-order valence-electron chi connectivity index (χ3n) is 1.31. The monoisotopic (exact) mass is 164 g/mol. The van der Waals surface area contributed by atoms with Gasteiger partial charge in [0.05, 0.1) is 0 Å². The molecule has 0 radical (unpaired) electrons. The summed E-state index contributed by atoms with van der Waals surface area (Å²) in [4.78, 5) is 5.05. The first-order chi connectivity index (χ1) is 5.70. The van der Waals surface area contributed by atoms with E-state index in [0.29, 0.717) is 0 Å². The third kappa shape index (κ3) is 2.36. The molecule has 0 heterocycles. The van der Waals surface area contributed by atoms with Crippen molar-refractivity contribution in [1.29, 1.82) is 5.41 Å². The summed E-state index contributed by atoms with van der Waals surface area (Å²) >= 11 is 0. The molecule has 0 aromatic heterocycles. The van der Waals surface area contributed by atoms with Gasteiger partial charge in [0.2, 0.25) is 5.90 Å². The Morgan fingerprint density at radius 2 is 1.83 bits per heavy atom. The predicted molar refractivity (Wildman–Crippen MR) is 48.0 cm³/mol. The maximum atomic E-state index is 7.50. The summed E-state index contributed by atoms with van der Waals surface area (Å²) < 4.78 is 0. The molecule has 3 heteroatoms. The average molecular weight is 164 g/mol. The second-order valence-electron chi connectivity index (χ2n) is 2.60. The minimum atomic E-state index is 0.167. The third-order valence-corrected chi connectivity index (χ3v) is 1.31. The summed E-state index contributed by atoms with van der Waals surface area (Å²) in [6.07, 6.45) is 0. The standard InChI is InChI=1S/C9H12N2O/c1-11(2)12-9(10)8-6-4-3-5-7-8/h3-7,10H,1-2H3. The summed E-state index contributed by atoms with van der Waals surface area (Å²) in [7, 11) is 3.50. The first kappa shape index (κ1) is 8.74. The van der Waals surface area contributed by atoms with Gasteiger partial charge >= 0.3 is 0 Å². The predicted octanol–water partition coefficient (Wildman–Crippen LogP) is 1.51. The van der Waals surface area contributed by atoms with Gasteiger partial charge in [0, 0.05) is 19.7 Å². The molecule has 1 rings (SSSR count). The molecule has 1 aromatic carbocycles. The Morgan fingerprint density at radius 1 is 1.25 bits per heavy atom. The molecular weight excluding hydrogens is 152 g/mol. The van der Waals surface area contributed by atoms with Crippen molar-refractivity contribution in [2.75, 3.05) is 14.1 Å². The number of nitrogens with one attached hydrogen (secondary N) is 1. The van der Waals surface area contributed by atoms with Crippen LogP contribution in [0.25, 0.3) is 0 Å². The molecule has 0 fully saturated rings. The van der Waals surface area contributed by atoms with E-state index in [1.54, 1.807) is 14.1 Å². The zero-order valence-electron chi connectivity index (χ0n) is 7.24. The van der Waals surface area contributed by atoms with Crippen LogP contribution >= 0.6 is 0 Å². The van der Waals surface area contributed by atoms with E-state index in [0.717, 1.165) is 5.56 Å². The van der Waals surface area contributed by atoms with Crippen LogP contribution in [0.3, 0.4) is 0 Å². The second kappa shape index (κ2) is 3.88. The van der Waals surface area contributed by atoms with Crippen LogP contribution in [0.2, 0.25) is 0 Å². The number of rotatable bonds is 2. The molecule has 0 spiro atoms. The molecule has 0 saturated carbocycles. The van der Waals surface area contributed by atoms with Crippen molar-refractivity contribution < 1.29 is 4.84 Å².